The minimum absolute atomic E-state index is 0.172. The van der Waals surface area contributed by atoms with Gasteiger partial charge in [0.05, 0.1) is 6.04 Å². The molecule has 0 saturated carbocycles. The number of nitrogens with one attached hydrogen (secondary N) is 2. The Bertz CT molecular complexity index is 1090. The van der Waals surface area contributed by atoms with E-state index in [2.05, 4.69) is 56.6 Å². The van der Waals surface area contributed by atoms with Crippen molar-refractivity contribution < 1.29 is 4.74 Å². The lowest BCUT2D eigenvalue weighted by Crippen LogP contribution is -2.30. The summed E-state index contributed by atoms with van der Waals surface area (Å²) in [5.74, 6) is 1.70. The van der Waals surface area contributed by atoms with Crippen molar-refractivity contribution in [3.05, 3.63) is 94.1 Å². The summed E-state index contributed by atoms with van der Waals surface area (Å²) < 4.78 is 7.04. The van der Waals surface area contributed by atoms with Gasteiger partial charge in [0.1, 0.15) is 11.5 Å². The summed E-state index contributed by atoms with van der Waals surface area (Å²) in [6.45, 7) is 0.972. The van der Waals surface area contributed by atoms with Crippen molar-refractivity contribution in [2.45, 2.75) is 12.5 Å². The molecule has 0 fully saturated rings. The number of halogens is 1. The SMILES string of the molecule is Brc1ccc2[nH]c3c(c2c1)CCNC3c1ccc(Oc2ccccc2)cc1. The molecule has 27 heavy (non-hydrogen) atoms. The maximum Gasteiger partial charge on any atom is 0.127 e. The van der Waals surface area contributed by atoms with Gasteiger partial charge in [0.15, 0.2) is 0 Å². The van der Waals surface area contributed by atoms with E-state index in [-0.39, 0.29) is 6.04 Å². The first kappa shape index (κ1) is 16.6. The maximum atomic E-state index is 5.92. The van der Waals surface area contributed by atoms with E-state index in [0.717, 1.165) is 28.9 Å². The molecule has 0 bridgehead atoms. The van der Waals surface area contributed by atoms with E-state index >= 15 is 0 Å². The fraction of sp³-hybridized carbons (Fsp3) is 0.130. The number of benzene rings is 3. The Balaban J connectivity index is 1.47. The Morgan fingerprint density at radius 3 is 2.48 bits per heavy atom. The Morgan fingerprint density at radius 1 is 0.889 bits per heavy atom. The lowest BCUT2D eigenvalue weighted by molar-refractivity contribution is 0.481. The number of H-pyrrole nitrogens is 1. The smallest absolute Gasteiger partial charge is 0.127 e. The van der Waals surface area contributed by atoms with Gasteiger partial charge in [0.25, 0.3) is 0 Å². The van der Waals surface area contributed by atoms with E-state index < -0.39 is 0 Å². The zero-order valence-corrected chi connectivity index (χ0v) is 16.3. The lowest BCUT2D eigenvalue weighted by Gasteiger charge is -2.25. The molecule has 134 valence electrons. The molecular weight excluding hydrogens is 400 g/mol. The molecule has 0 radical (unpaired) electrons. The van der Waals surface area contributed by atoms with Crippen LogP contribution in [0.5, 0.6) is 11.5 Å². The van der Waals surface area contributed by atoms with Gasteiger partial charge in [-0.3, -0.25) is 0 Å². The molecule has 0 aliphatic carbocycles. The predicted octanol–water partition coefficient (Wildman–Crippen LogP) is 5.96. The molecule has 0 saturated heterocycles. The van der Waals surface area contributed by atoms with Gasteiger partial charge in [-0.15, -0.1) is 0 Å². The molecule has 1 aliphatic rings. The number of ether oxygens (including phenoxy) is 1. The van der Waals surface area contributed by atoms with Crippen molar-refractivity contribution in [2.24, 2.45) is 0 Å². The van der Waals surface area contributed by atoms with Crippen molar-refractivity contribution in [1.82, 2.24) is 10.3 Å². The molecule has 5 rings (SSSR count). The molecule has 2 N–H and O–H groups in total. The quantitative estimate of drug-likeness (QED) is 0.430. The minimum atomic E-state index is 0.172. The van der Waals surface area contributed by atoms with Crippen LogP contribution >= 0.6 is 15.9 Å². The van der Waals surface area contributed by atoms with Crippen LogP contribution in [0.3, 0.4) is 0 Å². The number of fused-ring (bicyclic) bond motifs is 3. The predicted molar refractivity (Wildman–Crippen MR) is 113 cm³/mol. The fourth-order valence-electron chi connectivity index (χ4n) is 3.84. The molecule has 3 nitrogen and oxygen atoms in total. The Hall–Kier alpha value is -2.56. The van der Waals surface area contributed by atoms with Gasteiger partial charge >= 0.3 is 0 Å². The van der Waals surface area contributed by atoms with E-state index in [0.29, 0.717) is 0 Å². The third kappa shape index (κ3) is 3.15. The van der Waals surface area contributed by atoms with Crippen LogP contribution < -0.4 is 10.1 Å². The van der Waals surface area contributed by atoms with Gasteiger partial charge in [0.2, 0.25) is 0 Å². The summed E-state index contributed by atoms with van der Waals surface area (Å²) in [6.07, 6.45) is 1.04. The van der Waals surface area contributed by atoms with Crippen molar-refractivity contribution >= 4 is 26.8 Å². The molecule has 0 amide bonds. The van der Waals surface area contributed by atoms with Gasteiger partial charge in [0, 0.05) is 27.6 Å². The van der Waals surface area contributed by atoms with Crippen molar-refractivity contribution in [3.8, 4) is 11.5 Å². The van der Waals surface area contributed by atoms with Crippen LogP contribution in [-0.4, -0.2) is 11.5 Å². The van der Waals surface area contributed by atoms with Crippen LogP contribution in [0.4, 0.5) is 0 Å². The molecule has 1 aliphatic heterocycles. The number of aromatic amines is 1. The van der Waals surface area contributed by atoms with Crippen LogP contribution in [0.15, 0.2) is 77.3 Å². The summed E-state index contributed by atoms with van der Waals surface area (Å²) in [4.78, 5) is 3.63. The molecule has 0 spiro atoms. The van der Waals surface area contributed by atoms with Crippen molar-refractivity contribution in [2.75, 3.05) is 6.54 Å². The average molecular weight is 419 g/mol. The second kappa shape index (κ2) is 6.87. The second-order valence-electron chi connectivity index (χ2n) is 6.83. The topological polar surface area (TPSA) is 37.0 Å². The van der Waals surface area contributed by atoms with Crippen LogP contribution in [0.2, 0.25) is 0 Å². The van der Waals surface area contributed by atoms with Crippen molar-refractivity contribution in [3.63, 3.8) is 0 Å². The molecule has 4 heteroatoms. The van der Waals surface area contributed by atoms with Crippen LogP contribution in [-0.2, 0) is 6.42 Å². The van der Waals surface area contributed by atoms with Crippen LogP contribution in [0, 0.1) is 0 Å². The highest BCUT2D eigenvalue weighted by Crippen LogP contribution is 2.35. The van der Waals surface area contributed by atoms with Crippen molar-refractivity contribution in [1.29, 1.82) is 0 Å². The molecule has 2 heterocycles. The molecule has 1 atom stereocenters. The first-order valence-electron chi connectivity index (χ1n) is 9.14. The average Bonchev–Trinajstić information content (AvgIpc) is 3.07. The number of rotatable bonds is 3. The van der Waals surface area contributed by atoms with Crippen LogP contribution in [0.25, 0.3) is 10.9 Å². The third-order valence-electron chi connectivity index (χ3n) is 5.11. The number of aromatic nitrogens is 1. The number of para-hydroxylation sites is 1. The van der Waals surface area contributed by atoms with Gasteiger partial charge in [-0.25, -0.2) is 0 Å². The van der Waals surface area contributed by atoms with Gasteiger partial charge in [-0.2, -0.15) is 0 Å². The second-order valence-corrected chi connectivity index (χ2v) is 7.74. The largest absolute Gasteiger partial charge is 0.457 e. The number of hydrogen-bond donors (Lipinski definition) is 2. The molecule has 1 unspecified atom stereocenters. The summed E-state index contributed by atoms with van der Waals surface area (Å²) in [5, 5.41) is 4.97. The van der Waals surface area contributed by atoms with Gasteiger partial charge in [-0.05, 0) is 60.0 Å². The highest BCUT2D eigenvalue weighted by Gasteiger charge is 2.25. The molecule has 3 aromatic carbocycles. The number of hydrogen-bond acceptors (Lipinski definition) is 2. The van der Waals surface area contributed by atoms with E-state index in [4.69, 9.17) is 4.74 Å². The Kier molecular flexibility index (Phi) is 4.23. The summed E-state index contributed by atoms with van der Waals surface area (Å²) in [5.41, 5.74) is 5.12. The summed E-state index contributed by atoms with van der Waals surface area (Å²) >= 11 is 3.60. The van der Waals surface area contributed by atoms with Gasteiger partial charge < -0.3 is 15.0 Å². The van der Waals surface area contributed by atoms with E-state index in [1.54, 1.807) is 0 Å². The summed E-state index contributed by atoms with van der Waals surface area (Å²) in [7, 11) is 0. The standard InChI is InChI=1S/C23H19BrN2O/c24-16-8-11-21-20(14-16)19-12-13-25-22(23(19)26-21)15-6-9-18(10-7-15)27-17-4-2-1-3-5-17/h1-11,14,22,25-26H,12-13H2. The summed E-state index contributed by atoms with van der Waals surface area (Å²) in [6, 6.07) is 24.9. The molecule has 1 aromatic heterocycles. The first-order chi connectivity index (χ1) is 13.3. The third-order valence-corrected chi connectivity index (χ3v) is 5.60. The molecule has 4 aromatic rings. The van der Waals surface area contributed by atoms with E-state index in [1.165, 1.54) is 27.7 Å². The normalized spacial score (nSPS) is 16.3. The Morgan fingerprint density at radius 2 is 1.67 bits per heavy atom. The lowest BCUT2D eigenvalue weighted by atomic mass is 9.94. The zero-order chi connectivity index (χ0) is 18.2. The molecular formula is C23H19BrN2O. The highest BCUT2D eigenvalue weighted by molar-refractivity contribution is 9.10. The zero-order valence-electron chi connectivity index (χ0n) is 14.7. The maximum absolute atomic E-state index is 5.92. The first-order valence-corrected chi connectivity index (χ1v) is 9.93. The van der Waals surface area contributed by atoms with E-state index in [9.17, 15) is 0 Å². The van der Waals surface area contributed by atoms with Gasteiger partial charge in [-0.1, -0.05) is 46.3 Å². The monoisotopic (exact) mass is 418 g/mol. The fourth-order valence-corrected chi connectivity index (χ4v) is 4.20. The Labute approximate surface area is 166 Å². The minimum Gasteiger partial charge on any atom is -0.457 e. The van der Waals surface area contributed by atoms with Crippen LogP contribution in [0.1, 0.15) is 22.9 Å². The highest BCUT2D eigenvalue weighted by atomic mass is 79.9. The van der Waals surface area contributed by atoms with E-state index in [1.807, 2.05) is 42.5 Å².